The number of benzene rings is 1. The van der Waals surface area contributed by atoms with Crippen LogP contribution < -0.4 is 16.4 Å². The molecule has 0 aromatic heterocycles. The molecule has 2 aliphatic rings. The van der Waals surface area contributed by atoms with Gasteiger partial charge in [0.2, 0.25) is 5.91 Å². The largest absolute Gasteiger partial charge is 0.326 e. The summed E-state index contributed by atoms with van der Waals surface area (Å²) in [6, 6.07) is 6.21. The molecule has 1 aromatic rings. The van der Waals surface area contributed by atoms with E-state index in [-0.39, 0.29) is 11.4 Å². The van der Waals surface area contributed by atoms with Crippen molar-refractivity contribution in [3.8, 4) is 0 Å². The molecule has 1 amide bonds. The molecule has 96 valence electrons. The van der Waals surface area contributed by atoms with Crippen LogP contribution in [0.4, 0.5) is 5.69 Å². The fraction of sp³-hybridized carbons (Fsp3) is 0.500. The van der Waals surface area contributed by atoms with Gasteiger partial charge in [0, 0.05) is 17.8 Å². The van der Waals surface area contributed by atoms with Crippen molar-refractivity contribution in [1.82, 2.24) is 5.32 Å². The second-order valence-corrected chi connectivity index (χ2v) is 5.51. The van der Waals surface area contributed by atoms with Gasteiger partial charge in [0.05, 0.1) is 6.42 Å². The Morgan fingerprint density at radius 2 is 2.22 bits per heavy atom. The van der Waals surface area contributed by atoms with Gasteiger partial charge in [-0.1, -0.05) is 12.1 Å². The summed E-state index contributed by atoms with van der Waals surface area (Å²) in [5.41, 5.74) is 9.45. The molecule has 4 heteroatoms. The fourth-order valence-corrected chi connectivity index (χ4v) is 2.35. The van der Waals surface area contributed by atoms with Gasteiger partial charge in [0.1, 0.15) is 0 Å². The molecule has 1 aliphatic carbocycles. The zero-order valence-electron chi connectivity index (χ0n) is 10.5. The highest BCUT2D eigenvalue weighted by Gasteiger charge is 2.37. The van der Waals surface area contributed by atoms with Crippen molar-refractivity contribution in [2.24, 2.45) is 5.73 Å². The van der Waals surface area contributed by atoms with Crippen molar-refractivity contribution in [1.29, 1.82) is 0 Å². The Morgan fingerprint density at radius 3 is 3.00 bits per heavy atom. The van der Waals surface area contributed by atoms with Crippen molar-refractivity contribution < 1.29 is 4.79 Å². The molecule has 18 heavy (non-hydrogen) atoms. The normalized spacial score (nSPS) is 19.5. The third kappa shape index (κ3) is 2.54. The van der Waals surface area contributed by atoms with E-state index in [0.29, 0.717) is 6.42 Å². The smallest absolute Gasteiger partial charge is 0.228 e. The Hall–Kier alpha value is -1.39. The van der Waals surface area contributed by atoms with Crippen molar-refractivity contribution >= 4 is 11.6 Å². The summed E-state index contributed by atoms with van der Waals surface area (Å²) in [7, 11) is 0. The minimum Gasteiger partial charge on any atom is -0.326 e. The maximum absolute atomic E-state index is 11.3. The summed E-state index contributed by atoms with van der Waals surface area (Å²) in [6.45, 7) is 1.86. The van der Waals surface area contributed by atoms with Gasteiger partial charge < -0.3 is 16.4 Å². The van der Waals surface area contributed by atoms with Gasteiger partial charge in [-0.2, -0.15) is 0 Å². The number of hydrogen-bond donors (Lipinski definition) is 3. The van der Waals surface area contributed by atoms with Gasteiger partial charge in [-0.15, -0.1) is 0 Å². The fourth-order valence-electron chi connectivity index (χ4n) is 2.35. The zero-order chi connectivity index (χ0) is 12.6. The van der Waals surface area contributed by atoms with E-state index >= 15 is 0 Å². The number of rotatable bonds is 5. The van der Waals surface area contributed by atoms with Crippen LogP contribution in [0.5, 0.6) is 0 Å². The molecule has 1 aromatic carbocycles. The molecule has 1 aliphatic heterocycles. The SMILES string of the molecule is NC1(CNCCc2ccc3c(c2)CC(=O)N3)CC1. The number of amides is 1. The topological polar surface area (TPSA) is 67.1 Å². The van der Waals surface area contributed by atoms with E-state index in [9.17, 15) is 4.79 Å². The first kappa shape index (κ1) is 11.7. The van der Waals surface area contributed by atoms with Gasteiger partial charge in [0.25, 0.3) is 0 Å². The van der Waals surface area contributed by atoms with E-state index in [1.165, 1.54) is 5.56 Å². The monoisotopic (exact) mass is 245 g/mol. The Kier molecular flexibility index (Phi) is 2.84. The average molecular weight is 245 g/mol. The van der Waals surface area contributed by atoms with Crippen LogP contribution in [0, 0.1) is 0 Å². The van der Waals surface area contributed by atoms with Crippen LogP contribution in [0.1, 0.15) is 24.0 Å². The maximum atomic E-state index is 11.3. The molecule has 0 radical (unpaired) electrons. The Labute approximate surface area is 107 Å². The second kappa shape index (κ2) is 4.37. The number of nitrogens with two attached hydrogens (primary N) is 1. The average Bonchev–Trinajstić information content (AvgIpc) is 2.94. The zero-order valence-corrected chi connectivity index (χ0v) is 10.5. The molecule has 1 heterocycles. The van der Waals surface area contributed by atoms with Gasteiger partial charge in [-0.25, -0.2) is 0 Å². The molecule has 3 rings (SSSR count). The molecule has 4 nitrogen and oxygen atoms in total. The maximum Gasteiger partial charge on any atom is 0.228 e. The van der Waals surface area contributed by atoms with Crippen LogP contribution in [-0.4, -0.2) is 24.5 Å². The second-order valence-electron chi connectivity index (χ2n) is 5.51. The lowest BCUT2D eigenvalue weighted by molar-refractivity contribution is -0.115. The van der Waals surface area contributed by atoms with Crippen molar-refractivity contribution in [2.75, 3.05) is 18.4 Å². The highest BCUT2D eigenvalue weighted by Crippen LogP contribution is 2.30. The van der Waals surface area contributed by atoms with E-state index in [1.807, 2.05) is 6.07 Å². The van der Waals surface area contributed by atoms with Gasteiger partial charge in [-0.3, -0.25) is 4.79 Å². The van der Waals surface area contributed by atoms with E-state index in [1.54, 1.807) is 0 Å². The number of nitrogens with one attached hydrogen (secondary N) is 2. The highest BCUT2D eigenvalue weighted by molar-refractivity contribution is 5.99. The lowest BCUT2D eigenvalue weighted by Gasteiger charge is -2.10. The number of carbonyl (C=O) groups is 1. The third-order valence-corrected chi connectivity index (χ3v) is 3.75. The van der Waals surface area contributed by atoms with E-state index in [0.717, 1.165) is 43.6 Å². The minimum atomic E-state index is 0.0777. The van der Waals surface area contributed by atoms with Crippen molar-refractivity contribution in [3.05, 3.63) is 29.3 Å². The number of anilines is 1. The summed E-state index contributed by atoms with van der Waals surface area (Å²) in [6.07, 6.45) is 3.79. The minimum absolute atomic E-state index is 0.0777. The lowest BCUT2D eigenvalue weighted by Crippen LogP contribution is -2.36. The predicted octanol–water partition coefficient (Wildman–Crippen LogP) is 0.805. The van der Waals surface area contributed by atoms with Crippen LogP contribution in [0.15, 0.2) is 18.2 Å². The molecule has 4 N–H and O–H groups in total. The Balaban J connectivity index is 1.51. The Bertz CT molecular complexity index is 480. The number of carbonyl (C=O) groups excluding carboxylic acids is 1. The summed E-state index contributed by atoms with van der Waals surface area (Å²) in [5, 5.41) is 6.25. The summed E-state index contributed by atoms with van der Waals surface area (Å²) in [5.74, 6) is 0.0964. The van der Waals surface area contributed by atoms with Crippen molar-refractivity contribution in [3.63, 3.8) is 0 Å². The molecular formula is C14H19N3O. The van der Waals surface area contributed by atoms with E-state index in [4.69, 9.17) is 5.73 Å². The molecule has 0 saturated heterocycles. The van der Waals surface area contributed by atoms with Crippen LogP contribution >= 0.6 is 0 Å². The third-order valence-electron chi connectivity index (χ3n) is 3.75. The lowest BCUT2D eigenvalue weighted by atomic mass is 10.1. The standard InChI is InChI=1S/C14H19N3O/c15-14(4-5-14)9-16-6-3-10-1-2-12-11(7-10)8-13(18)17-12/h1-2,7,16H,3-6,8-9,15H2,(H,17,18). The quantitative estimate of drug-likeness (QED) is 0.672. The molecule has 0 unspecified atom stereocenters. The first-order chi connectivity index (χ1) is 8.65. The van der Waals surface area contributed by atoms with Crippen LogP contribution in [0.25, 0.3) is 0 Å². The molecule has 0 atom stereocenters. The van der Waals surface area contributed by atoms with E-state index < -0.39 is 0 Å². The van der Waals surface area contributed by atoms with Gasteiger partial charge >= 0.3 is 0 Å². The molecule has 1 saturated carbocycles. The Morgan fingerprint density at radius 1 is 1.39 bits per heavy atom. The summed E-state index contributed by atoms with van der Waals surface area (Å²) in [4.78, 5) is 11.3. The van der Waals surface area contributed by atoms with Crippen LogP contribution in [0.2, 0.25) is 0 Å². The first-order valence-electron chi connectivity index (χ1n) is 6.56. The predicted molar refractivity (Wildman–Crippen MR) is 71.5 cm³/mol. The number of fused-ring (bicyclic) bond motifs is 1. The summed E-state index contributed by atoms with van der Waals surface area (Å²) >= 11 is 0. The molecular weight excluding hydrogens is 226 g/mol. The van der Waals surface area contributed by atoms with Crippen LogP contribution in [-0.2, 0) is 17.6 Å². The highest BCUT2D eigenvalue weighted by atomic mass is 16.1. The van der Waals surface area contributed by atoms with Gasteiger partial charge in [-0.05, 0) is 43.0 Å². The van der Waals surface area contributed by atoms with E-state index in [2.05, 4.69) is 22.8 Å². The van der Waals surface area contributed by atoms with Gasteiger partial charge in [0.15, 0.2) is 0 Å². The summed E-state index contributed by atoms with van der Waals surface area (Å²) < 4.78 is 0. The van der Waals surface area contributed by atoms with Crippen LogP contribution in [0.3, 0.4) is 0 Å². The van der Waals surface area contributed by atoms with Crippen molar-refractivity contribution in [2.45, 2.75) is 31.2 Å². The molecule has 0 spiro atoms. The number of hydrogen-bond acceptors (Lipinski definition) is 3. The molecule has 1 fully saturated rings. The molecule has 0 bridgehead atoms. The first-order valence-corrected chi connectivity index (χ1v) is 6.56.